The predicted octanol–water partition coefficient (Wildman–Crippen LogP) is 3.85. The van der Waals surface area contributed by atoms with Crippen molar-refractivity contribution in [3.05, 3.63) is 34.2 Å². The number of anilines is 1. The maximum atomic E-state index is 13.1. The number of aryl methyl sites for hydroxylation is 2. The van der Waals surface area contributed by atoms with Gasteiger partial charge < -0.3 is 11.1 Å². The van der Waals surface area contributed by atoms with Crippen molar-refractivity contribution in [2.45, 2.75) is 77.7 Å². The molecule has 2 aliphatic rings. The zero-order valence-corrected chi connectivity index (χ0v) is 23.7. The zero-order valence-electron chi connectivity index (χ0n) is 22.8. The summed E-state index contributed by atoms with van der Waals surface area (Å²) in [6.45, 7) is 6.28. The number of unbranched alkanes of at least 4 members (excludes halogenated alkanes) is 5. The summed E-state index contributed by atoms with van der Waals surface area (Å²) in [7, 11) is -2.12. The number of sulfonamides is 1. The molecule has 9 nitrogen and oxygen atoms in total. The Balaban J connectivity index is 1.63. The van der Waals surface area contributed by atoms with E-state index in [0.29, 0.717) is 24.4 Å². The van der Waals surface area contributed by atoms with Crippen LogP contribution in [-0.2, 0) is 14.8 Å². The molecule has 38 heavy (non-hydrogen) atoms. The lowest BCUT2D eigenvalue weighted by atomic mass is 9.89. The van der Waals surface area contributed by atoms with Crippen LogP contribution in [0.3, 0.4) is 0 Å². The van der Waals surface area contributed by atoms with Gasteiger partial charge in [-0.15, -0.1) is 0 Å². The molecule has 10 heteroatoms. The van der Waals surface area contributed by atoms with E-state index in [-0.39, 0.29) is 19.0 Å². The van der Waals surface area contributed by atoms with Gasteiger partial charge in [-0.2, -0.15) is 4.31 Å². The standard InChI is InChI=1S/C28H39N5O4S/c1-5-6-7-8-9-10-11-12-25-30-26(34)28(31-25)14-16-33(17-15-28)38(36,37)18-13-24-21(2)19-23(20-22(24)3)32(4)27(29)35/h13,18-20H,5-10,14-17H2,1-4H3,(H2,29,35)(H,30,31,34)/b18-13+. The molecule has 0 aliphatic carbocycles. The fourth-order valence-corrected chi connectivity index (χ4v) is 5.94. The zero-order chi connectivity index (χ0) is 27.9. The smallest absolute Gasteiger partial charge is 0.318 e. The molecule has 0 radical (unpaired) electrons. The monoisotopic (exact) mass is 541 g/mol. The van der Waals surface area contributed by atoms with E-state index in [9.17, 15) is 18.0 Å². The lowest BCUT2D eigenvalue weighted by molar-refractivity contribution is -0.124. The molecule has 3 rings (SSSR count). The first-order valence-corrected chi connectivity index (χ1v) is 14.7. The molecule has 206 valence electrons. The van der Waals surface area contributed by atoms with Crippen molar-refractivity contribution >= 4 is 39.6 Å². The third-order valence-electron chi connectivity index (χ3n) is 7.21. The van der Waals surface area contributed by atoms with E-state index in [2.05, 4.69) is 29.1 Å². The van der Waals surface area contributed by atoms with Gasteiger partial charge in [-0.3, -0.25) is 9.69 Å². The predicted molar refractivity (Wildman–Crippen MR) is 152 cm³/mol. The molecule has 1 aromatic carbocycles. The fraction of sp³-hybridized carbons (Fsp3) is 0.536. The number of hydrogen-bond donors (Lipinski definition) is 2. The number of amides is 3. The number of primary amides is 1. The van der Waals surface area contributed by atoms with Crippen LogP contribution in [0.4, 0.5) is 10.5 Å². The van der Waals surface area contributed by atoms with E-state index in [0.717, 1.165) is 36.0 Å². The van der Waals surface area contributed by atoms with Crippen molar-refractivity contribution in [1.29, 1.82) is 0 Å². The van der Waals surface area contributed by atoms with Crippen molar-refractivity contribution in [2.24, 2.45) is 10.7 Å². The Kier molecular flexibility index (Phi) is 9.74. The highest BCUT2D eigenvalue weighted by Crippen LogP contribution is 2.31. The molecule has 1 saturated heterocycles. The number of hydrogen-bond acceptors (Lipinski definition) is 5. The lowest BCUT2D eigenvalue weighted by Crippen LogP contribution is -2.50. The molecule has 2 aliphatic heterocycles. The van der Waals surface area contributed by atoms with Crippen LogP contribution in [0, 0.1) is 25.7 Å². The number of nitrogens with two attached hydrogens (primary N) is 1. The number of rotatable bonds is 9. The van der Waals surface area contributed by atoms with Gasteiger partial charge in [0.2, 0.25) is 10.0 Å². The van der Waals surface area contributed by atoms with E-state index < -0.39 is 21.6 Å². The number of carbonyl (C=O) groups is 2. The molecular weight excluding hydrogens is 502 g/mol. The van der Waals surface area contributed by atoms with E-state index in [1.165, 1.54) is 33.9 Å². The lowest BCUT2D eigenvalue weighted by Gasteiger charge is -2.34. The second-order valence-corrected chi connectivity index (χ2v) is 11.9. The van der Waals surface area contributed by atoms with Crippen LogP contribution >= 0.6 is 0 Å². The van der Waals surface area contributed by atoms with Crippen LogP contribution in [-0.4, -0.2) is 56.2 Å². The van der Waals surface area contributed by atoms with E-state index >= 15 is 0 Å². The van der Waals surface area contributed by atoms with Gasteiger partial charge in [-0.25, -0.2) is 18.2 Å². The number of aliphatic imine (C=N–C) groups is 1. The Labute approximate surface area is 226 Å². The normalized spacial score (nSPS) is 17.3. The van der Waals surface area contributed by atoms with Gasteiger partial charge in [-0.05, 0) is 73.9 Å². The van der Waals surface area contributed by atoms with E-state index in [1.54, 1.807) is 25.3 Å². The van der Waals surface area contributed by atoms with Gasteiger partial charge in [-0.1, -0.05) is 38.5 Å². The molecule has 3 amide bonds. The maximum absolute atomic E-state index is 13.1. The molecule has 2 heterocycles. The summed E-state index contributed by atoms with van der Waals surface area (Å²) in [6.07, 6.45) is 8.81. The van der Waals surface area contributed by atoms with Crippen LogP contribution in [0.5, 0.6) is 0 Å². The highest BCUT2D eigenvalue weighted by molar-refractivity contribution is 7.92. The summed E-state index contributed by atoms with van der Waals surface area (Å²) in [4.78, 5) is 30.1. The SMILES string of the molecule is CCCCCCCC#CC1=NC2(CCN(S(=O)(=O)/C=C/c3c(C)cc(N(C)C(N)=O)cc3C)CC2)C(=O)N1. The molecule has 0 saturated carbocycles. The minimum atomic E-state index is -3.70. The van der Waals surface area contributed by atoms with Crippen molar-refractivity contribution in [1.82, 2.24) is 9.62 Å². The van der Waals surface area contributed by atoms with Gasteiger partial charge in [0.15, 0.2) is 5.84 Å². The molecule has 1 fully saturated rings. The summed E-state index contributed by atoms with van der Waals surface area (Å²) >= 11 is 0. The second-order valence-electron chi connectivity index (χ2n) is 10.0. The number of piperidine rings is 1. The first-order valence-electron chi connectivity index (χ1n) is 13.2. The number of carbonyl (C=O) groups excluding carboxylic acids is 2. The molecule has 3 N–H and O–H groups in total. The average molecular weight is 542 g/mol. The van der Waals surface area contributed by atoms with Crippen molar-refractivity contribution in [2.75, 3.05) is 25.0 Å². The van der Waals surface area contributed by atoms with Gasteiger partial charge in [0.05, 0.1) is 0 Å². The number of nitrogens with zero attached hydrogens (tertiary/aromatic N) is 3. The van der Waals surface area contributed by atoms with Crippen molar-refractivity contribution < 1.29 is 18.0 Å². The van der Waals surface area contributed by atoms with Gasteiger partial charge in [0.1, 0.15) is 5.54 Å². The third-order valence-corrected chi connectivity index (χ3v) is 8.77. The summed E-state index contributed by atoms with van der Waals surface area (Å²) in [5.41, 5.74) is 7.46. The first-order chi connectivity index (χ1) is 18.0. The van der Waals surface area contributed by atoms with Crippen LogP contribution in [0.2, 0.25) is 0 Å². The molecule has 0 aromatic heterocycles. The Morgan fingerprint density at radius 2 is 1.82 bits per heavy atom. The number of amidine groups is 1. The van der Waals surface area contributed by atoms with Gasteiger partial charge >= 0.3 is 6.03 Å². The summed E-state index contributed by atoms with van der Waals surface area (Å²) < 4.78 is 27.5. The summed E-state index contributed by atoms with van der Waals surface area (Å²) in [5.74, 6) is 6.26. The van der Waals surface area contributed by atoms with E-state index in [4.69, 9.17) is 5.73 Å². The van der Waals surface area contributed by atoms with Crippen molar-refractivity contribution in [3.8, 4) is 11.8 Å². The van der Waals surface area contributed by atoms with Crippen LogP contribution < -0.4 is 16.0 Å². The highest BCUT2D eigenvalue weighted by Gasteiger charge is 2.47. The van der Waals surface area contributed by atoms with Gasteiger partial charge in [0, 0.05) is 37.7 Å². The maximum Gasteiger partial charge on any atom is 0.318 e. The largest absolute Gasteiger partial charge is 0.351 e. The molecule has 0 atom stereocenters. The molecular formula is C28H39N5O4S. The Bertz CT molecular complexity index is 1260. The third kappa shape index (κ3) is 7.03. The highest BCUT2D eigenvalue weighted by atomic mass is 32.2. The number of urea groups is 1. The minimum absolute atomic E-state index is 0.196. The Hall–Kier alpha value is -3.16. The van der Waals surface area contributed by atoms with Gasteiger partial charge in [0.25, 0.3) is 5.91 Å². The Morgan fingerprint density at radius 3 is 2.42 bits per heavy atom. The fourth-order valence-electron chi connectivity index (χ4n) is 4.76. The topological polar surface area (TPSA) is 125 Å². The average Bonchev–Trinajstić information content (AvgIpc) is 3.16. The number of nitrogens with one attached hydrogen (secondary N) is 1. The molecule has 0 unspecified atom stereocenters. The first kappa shape index (κ1) is 29.4. The van der Waals surface area contributed by atoms with E-state index in [1.807, 2.05) is 13.8 Å². The quantitative estimate of drug-likeness (QED) is 0.364. The Morgan fingerprint density at radius 1 is 1.18 bits per heavy atom. The van der Waals surface area contributed by atoms with Crippen LogP contribution in [0.1, 0.15) is 75.0 Å². The van der Waals surface area contributed by atoms with Crippen LogP contribution in [0.15, 0.2) is 22.5 Å². The molecule has 1 spiro atoms. The molecule has 1 aromatic rings. The van der Waals surface area contributed by atoms with Crippen LogP contribution in [0.25, 0.3) is 6.08 Å². The minimum Gasteiger partial charge on any atom is -0.351 e. The second kappa shape index (κ2) is 12.6. The number of benzene rings is 1. The molecule has 0 bridgehead atoms. The summed E-state index contributed by atoms with van der Waals surface area (Å²) in [6, 6.07) is 3.01. The van der Waals surface area contributed by atoms with Crippen molar-refractivity contribution in [3.63, 3.8) is 0 Å². The summed E-state index contributed by atoms with van der Waals surface area (Å²) in [5, 5.41) is 3.98.